The number of piperidine rings is 1. The largest absolute Gasteiger partial charge is 0.326 e. The molecule has 2 aromatic rings. The van der Waals surface area contributed by atoms with Gasteiger partial charge in [0.1, 0.15) is 11.4 Å². The maximum atomic E-state index is 12.5. The van der Waals surface area contributed by atoms with Crippen LogP contribution >= 0.6 is 0 Å². The van der Waals surface area contributed by atoms with Crippen LogP contribution in [0.15, 0.2) is 53.5 Å². The number of hydrogen-bond acceptors (Lipinski definition) is 3. The van der Waals surface area contributed by atoms with Gasteiger partial charge in [0.2, 0.25) is 0 Å². The molecule has 1 amide bonds. The Bertz CT molecular complexity index is 863. The summed E-state index contributed by atoms with van der Waals surface area (Å²) in [6.45, 7) is 7.01. The van der Waals surface area contributed by atoms with Gasteiger partial charge in [-0.3, -0.25) is 14.7 Å². The summed E-state index contributed by atoms with van der Waals surface area (Å²) in [5.41, 5.74) is 4.88. The van der Waals surface area contributed by atoms with E-state index in [1.165, 1.54) is 11.1 Å². The van der Waals surface area contributed by atoms with Gasteiger partial charge in [-0.1, -0.05) is 53.6 Å². The van der Waals surface area contributed by atoms with Gasteiger partial charge < -0.3 is 5.32 Å². The van der Waals surface area contributed by atoms with E-state index < -0.39 is 5.66 Å². The van der Waals surface area contributed by atoms with Crippen molar-refractivity contribution in [2.45, 2.75) is 38.9 Å². The maximum absolute atomic E-state index is 12.5. The summed E-state index contributed by atoms with van der Waals surface area (Å²) in [6.07, 6.45) is 1.72. The molecule has 2 aromatic carbocycles. The van der Waals surface area contributed by atoms with E-state index in [9.17, 15) is 4.79 Å². The molecule has 134 valence electrons. The van der Waals surface area contributed by atoms with Crippen LogP contribution in [0.25, 0.3) is 0 Å². The average molecular weight is 347 g/mol. The molecule has 1 N–H and O–H groups in total. The van der Waals surface area contributed by atoms with E-state index in [4.69, 9.17) is 4.99 Å². The van der Waals surface area contributed by atoms with Crippen molar-refractivity contribution in [3.05, 3.63) is 70.8 Å². The second-order valence-electron chi connectivity index (χ2n) is 7.58. The highest BCUT2D eigenvalue weighted by molar-refractivity contribution is 6.46. The van der Waals surface area contributed by atoms with Crippen molar-refractivity contribution in [3.63, 3.8) is 0 Å². The Morgan fingerprint density at radius 3 is 2.42 bits per heavy atom. The Labute approximate surface area is 154 Å². The predicted molar refractivity (Wildman–Crippen MR) is 104 cm³/mol. The topological polar surface area (TPSA) is 44.7 Å². The number of amides is 1. The highest BCUT2D eigenvalue weighted by atomic mass is 16.2. The van der Waals surface area contributed by atoms with Crippen LogP contribution in [0.5, 0.6) is 0 Å². The van der Waals surface area contributed by atoms with Crippen molar-refractivity contribution >= 4 is 11.6 Å². The molecule has 0 aromatic heterocycles. The van der Waals surface area contributed by atoms with Gasteiger partial charge in [0.05, 0.1) is 0 Å². The lowest BCUT2D eigenvalue weighted by atomic mass is 9.97. The van der Waals surface area contributed by atoms with Crippen molar-refractivity contribution in [1.82, 2.24) is 10.2 Å². The first-order chi connectivity index (χ1) is 12.5. The molecule has 0 radical (unpaired) electrons. The highest BCUT2D eigenvalue weighted by Gasteiger charge is 2.42. The van der Waals surface area contributed by atoms with Crippen LogP contribution in [0.3, 0.4) is 0 Å². The van der Waals surface area contributed by atoms with Crippen molar-refractivity contribution in [2.24, 2.45) is 4.99 Å². The fourth-order valence-corrected chi connectivity index (χ4v) is 3.94. The SMILES string of the molecule is Cc1cccc(CN2CCC3(CC2)N=C(c2cccc(C)c2)C(=O)N3)c1. The number of carbonyl (C=O) groups excluding carboxylic acids is 1. The van der Waals surface area contributed by atoms with Crippen LogP contribution in [0.1, 0.15) is 35.1 Å². The number of carbonyl (C=O) groups is 1. The lowest BCUT2D eigenvalue weighted by molar-refractivity contribution is -0.115. The summed E-state index contributed by atoms with van der Waals surface area (Å²) in [7, 11) is 0. The molecule has 0 saturated carbocycles. The second-order valence-corrected chi connectivity index (χ2v) is 7.58. The van der Waals surface area contributed by atoms with E-state index in [0.29, 0.717) is 5.71 Å². The van der Waals surface area contributed by atoms with Crippen LogP contribution in [0.2, 0.25) is 0 Å². The first-order valence-corrected chi connectivity index (χ1v) is 9.30. The van der Waals surface area contributed by atoms with Gasteiger partial charge in [-0.15, -0.1) is 0 Å². The number of nitrogens with zero attached hydrogens (tertiary/aromatic N) is 2. The zero-order valence-corrected chi connectivity index (χ0v) is 15.5. The summed E-state index contributed by atoms with van der Waals surface area (Å²) in [6, 6.07) is 16.7. The fourth-order valence-electron chi connectivity index (χ4n) is 3.94. The molecular formula is C22H25N3O. The molecule has 2 aliphatic heterocycles. The Balaban J connectivity index is 1.46. The zero-order valence-electron chi connectivity index (χ0n) is 15.5. The first kappa shape index (κ1) is 17.0. The maximum Gasteiger partial charge on any atom is 0.272 e. The van der Waals surface area contributed by atoms with Gasteiger partial charge in [0.25, 0.3) is 5.91 Å². The predicted octanol–water partition coefficient (Wildman–Crippen LogP) is 3.21. The quantitative estimate of drug-likeness (QED) is 0.927. The molecule has 4 nitrogen and oxygen atoms in total. The van der Waals surface area contributed by atoms with E-state index in [2.05, 4.69) is 41.4 Å². The molecule has 1 saturated heterocycles. The minimum Gasteiger partial charge on any atom is -0.326 e. The number of aryl methyl sites for hydroxylation is 2. The highest BCUT2D eigenvalue weighted by Crippen LogP contribution is 2.29. The minimum absolute atomic E-state index is 0.0391. The van der Waals surface area contributed by atoms with Crippen LogP contribution < -0.4 is 5.32 Å². The normalized spacial score (nSPS) is 19.5. The van der Waals surface area contributed by atoms with E-state index in [0.717, 1.165) is 43.6 Å². The number of rotatable bonds is 3. The third kappa shape index (κ3) is 3.42. The molecule has 4 heteroatoms. The van der Waals surface area contributed by atoms with E-state index in [1.54, 1.807) is 0 Å². The van der Waals surface area contributed by atoms with Gasteiger partial charge in [0, 0.05) is 38.0 Å². The summed E-state index contributed by atoms with van der Waals surface area (Å²) in [5, 5.41) is 3.16. The van der Waals surface area contributed by atoms with Crippen LogP contribution in [0, 0.1) is 13.8 Å². The van der Waals surface area contributed by atoms with E-state index in [-0.39, 0.29) is 5.91 Å². The number of likely N-dealkylation sites (tertiary alicyclic amines) is 1. The van der Waals surface area contributed by atoms with Gasteiger partial charge in [-0.2, -0.15) is 0 Å². The van der Waals surface area contributed by atoms with Crippen molar-refractivity contribution in [2.75, 3.05) is 13.1 Å². The Kier molecular flexibility index (Phi) is 4.37. The molecule has 1 spiro atoms. The molecule has 0 aliphatic carbocycles. The van der Waals surface area contributed by atoms with E-state index in [1.807, 2.05) is 31.2 Å². The number of nitrogens with one attached hydrogen (secondary N) is 1. The summed E-state index contributed by atoms with van der Waals surface area (Å²) in [4.78, 5) is 19.8. The number of benzene rings is 2. The van der Waals surface area contributed by atoms with Gasteiger partial charge >= 0.3 is 0 Å². The molecule has 4 rings (SSSR count). The molecule has 2 aliphatic rings. The number of hydrogen-bond donors (Lipinski definition) is 1. The van der Waals surface area contributed by atoms with Crippen LogP contribution in [-0.2, 0) is 11.3 Å². The third-order valence-corrected chi connectivity index (χ3v) is 5.35. The van der Waals surface area contributed by atoms with Crippen molar-refractivity contribution in [3.8, 4) is 0 Å². The van der Waals surface area contributed by atoms with Gasteiger partial charge in [-0.05, 0) is 25.5 Å². The molecule has 0 atom stereocenters. The zero-order chi connectivity index (χ0) is 18.1. The van der Waals surface area contributed by atoms with Crippen molar-refractivity contribution in [1.29, 1.82) is 0 Å². The molecule has 0 bridgehead atoms. The monoisotopic (exact) mass is 347 g/mol. The Morgan fingerprint density at radius 2 is 1.73 bits per heavy atom. The van der Waals surface area contributed by atoms with Gasteiger partial charge in [0.15, 0.2) is 0 Å². The van der Waals surface area contributed by atoms with Gasteiger partial charge in [-0.25, -0.2) is 0 Å². The standard InChI is InChI=1S/C22H25N3O/c1-16-5-3-7-18(13-16)15-25-11-9-22(10-12-25)23-20(21(26)24-22)19-8-4-6-17(2)14-19/h3-8,13-14H,9-12,15H2,1-2H3,(H,24,26). The van der Waals surface area contributed by atoms with Crippen molar-refractivity contribution < 1.29 is 4.79 Å². The lowest BCUT2D eigenvalue weighted by Gasteiger charge is -2.37. The molecule has 0 unspecified atom stereocenters. The molecule has 26 heavy (non-hydrogen) atoms. The third-order valence-electron chi connectivity index (χ3n) is 5.35. The fraction of sp³-hybridized carbons (Fsp3) is 0.364. The Morgan fingerprint density at radius 1 is 1.04 bits per heavy atom. The van der Waals surface area contributed by atoms with Crippen LogP contribution in [0.4, 0.5) is 0 Å². The first-order valence-electron chi connectivity index (χ1n) is 9.30. The summed E-state index contributed by atoms with van der Waals surface area (Å²) >= 11 is 0. The summed E-state index contributed by atoms with van der Waals surface area (Å²) < 4.78 is 0. The molecule has 1 fully saturated rings. The van der Waals surface area contributed by atoms with E-state index >= 15 is 0 Å². The molecule has 2 heterocycles. The smallest absolute Gasteiger partial charge is 0.272 e. The van der Waals surface area contributed by atoms with Crippen LogP contribution in [-0.4, -0.2) is 35.3 Å². The summed E-state index contributed by atoms with van der Waals surface area (Å²) in [5.74, 6) is -0.0391. The number of aliphatic imine (C=N–C) groups is 1. The minimum atomic E-state index is -0.417. The lowest BCUT2D eigenvalue weighted by Crippen LogP contribution is -2.50. The average Bonchev–Trinajstić information content (AvgIpc) is 2.94. The second kappa shape index (κ2) is 6.69. The Hall–Kier alpha value is -2.46. The molecular weight excluding hydrogens is 322 g/mol.